The van der Waals surface area contributed by atoms with E-state index in [1.165, 1.54) is 11.0 Å². The van der Waals surface area contributed by atoms with Crippen LogP contribution in [0.4, 0.5) is 16.2 Å². The molecule has 8 heteroatoms. The molecule has 0 spiro atoms. The van der Waals surface area contributed by atoms with E-state index >= 15 is 0 Å². The maximum Gasteiger partial charge on any atom is 0.343 e. The predicted molar refractivity (Wildman–Crippen MR) is 115 cm³/mol. The molecule has 1 unspecified atom stereocenters. The summed E-state index contributed by atoms with van der Waals surface area (Å²) in [4.78, 5) is 29.5. The summed E-state index contributed by atoms with van der Waals surface area (Å²) < 4.78 is 27.3. The topological polar surface area (TPSA) is 78.0 Å². The molecule has 158 valence electrons. The average molecular weight is 428 g/mol. The molecular weight excluding hydrogens is 402 g/mol. The van der Waals surface area contributed by atoms with Crippen molar-refractivity contribution >= 4 is 33.3 Å². The summed E-state index contributed by atoms with van der Waals surface area (Å²) in [6.45, 7) is 4.35. The molecule has 0 saturated carbocycles. The Morgan fingerprint density at radius 2 is 1.77 bits per heavy atom. The minimum atomic E-state index is -4.09. The van der Waals surface area contributed by atoms with Gasteiger partial charge in [-0.25, -0.2) is 13.2 Å². The van der Waals surface area contributed by atoms with Gasteiger partial charge in [0.2, 0.25) is 5.91 Å². The number of likely N-dealkylation sites (tertiary alicyclic amines) is 1. The summed E-state index contributed by atoms with van der Waals surface area (Å²) in [6, 6.07) is 12.4. The first-order valence-electron chi connectivity index (χ1n) is 10.1. The summed E-state index contributed by atoms with van der Waals surface area (Å²) in [5.74, 6) is -0.173. The van der Waals surface area contributed by atoms with E-state index in [0.29, 0.717) is 6.54 Å². The van der Waals surface area contributed by atoms with E-state index in [1.54, 1.807) is 47.4 Å². The van der Waals surface area contributed by atoms with Gasteiger partial charge in [0.15, 0.2) is 0 Å². The molecule has 2 aromatic carbocycles. The molecule has 0 bridgehead atoms. The van der Waals surface area contributed by atoms with Gasteiger partial charge in [0.1, 0.15) is 11.4 Å². The number of rotatable bonds is 3. The molecule has 1 fully saturated rings. The summed E-state index contributed by atoms with van der Waals surface area (Å²) >= 11 is 0. The molecule has 4 rings (SSSR count). The van der Waals surface area contributed by atoms with Gasteiger partial charge in [-0.05, 0) is 57.4 Å². The first-order valence-corrected chi connectivity index (χ1v) is 11.6. The van der Waals surface area contributed by atoms with Gasteiger partial charge in [0.05, 0.1) is 11.4 Å². The number of carbonyl (C=O) groups is 2. The van der Waals surface area contributed by atoms with E-state index in [1.807, 2.05) is 13.8 Å². The van der Waals surface area contributed by atoms with Crippen molar-refractivity contribution in [1.29, 1.82) is 0 Å². The highest BCUT2D eigenvalue weighted by Gasteiger charge is 2.43. The number of nitrogens with zero attached hydrogens (tertiary/aromatic N) is 3. The number of carbonyl (C=O) groups excluding carboxylic acids is 2. The third-order valence-electron chi connectivity index (χ3n) is 5.76. The van der Waals surface area contributed by atoms with E-state index in [2.05, 4.69) is 0 Å². The van der Waals surface area contributed by atoms with Crippen LogP contribution in [0.2, 0.25) is 0 Å². The molecule has 2 aliphatic heterocycles. The van der Waals surface area contributed by atoms with Crippen molar-refractivity contribution in [2.45, 2.75) is 44.0 Å². The van der Waals surface area contributed by atoms with Crippen LogP contribution in [-0.2, 0) is 14.8 Å². The van der Waals surface area contributed by atoms with Crippen LogP contribution in [0, 0.1) is 6.92 Å². The highest BCUT2D eigenvalue weighted by Crippen LogP contribution is 2.37. The monoisotopic (exact) mass is 427 g/mol. The van der Waals surface area contributed by atoms with Gasteiger partial charge < -0.3 is 4.90 Å². The Kier molecular flexibility index (Phi) is 5.27. The first kappa shape index (κ1) is 20.4. The zero-order chi connectivity index (χ0) is 21.5. The van der Waals surface area contributed by atoms with Gasteiger partial charge in [0, 0.05) is 12.6 Å². The Balaban J connectivity index is 1.75. The van der Waals surface area contributed by atoms with Crippen molar-refractivity contribution in [3.8, 4) is 0 Å². The molecule has 2 heterocycles. The van der Waals surface area contributed by atoms with Gasteiger partial charge in [-0.1, -0.05) is 29.8 Å². The number of para-hydroxylation sites is 1. The molecule has 0 radical (unpaired) electrons. The molecule has 1 atom stereocenters. The van der Waals surface area contributed by atoms with Crippen LogP contribution in [-0.4, -0.2) is 44.4 Å². The predicted octanol–water partition coefficient (Wildman–Crippen LogP) is 3.53. The minimum absolute atomic E-state index is 0.0182. The largest absolute Gasteiger partial charge is 0.343 e. The minimum Gasteiger partial charge on any atom is -0.338 e. The second kappa shape index (κ2) is 7.75. The molecule has 0 aliphatic carbocycles. The number of amides is 3. The number of aryl methyl sites for hydroxylation is 1. The van der Waals surface area contributed by atoms with E-state index in [9.17, 15) is 18.0 Å². The first-order chi connectivity index (χ1) is 14.3. The highest BCUT2D eigenvalue weighted by molar-refractivity contribution is 7.94. The molecule has 0 aromatic heterocycles. The number of sulfonamides is 1. The molecule has 1 saturated heterocycles. The molecule has 2 aromatic rings. The van der Waals surface area contributed by atoms with Crippen LogP contribution in [0.5, 0.6) is 0 Å². The molecule has 3 amide bonds. The lowest BCUT2D eigenvalue weighted by molar-refractivity contribution is -0.132. The van der Waals surface area contributed by atoms with Gasteiger partial charge in [-0.3, -0.25) is 9.69 Å². The van der Waals surface area contributed by atoms with E-state index < -0.39 is 16.1 Å². The zero-order valence-corrected chi connectivity index (χ0v) is 17.9. The van der Waals surface area contributed by atoms with Gasteiger partial charge >= 0.3 is 6.03 Å². The summed E-state index contributed by atoms with van der Waals surface area (Å²) in [5.41, 5.74) is 1.44. The van der Waals surface area contributed by atoms with Crippen LogP contribution in [0.25, 0.3) is 0 Å². The Morgan fingerprint density at radius 3 is 2.47 bits per heavy atom. The second-order valence-corrected chi connectivity index (χ2v) is 9.63. The number of hydrogen-bond donors (Lipinski definition) is 0. The average Bonchev–Trinajstić information content (AvgIpc) is 2.73. The number of fused-ring (bicyclic) bond motifs is 1. The van der Waals surface area contributed by atoms with Crippen molar-refractivity contribution in [2.24, 2.45) is 0 Å². The number of benzene rings is 2. The van der Waals surface area contributed by atoms with Crippen LogP contribution in [0.15, 0.2) is 53.4 Å². The number of hydrogen-bond acceptors (Lipinski definition) is 4. The Bertz CT molecular complexity index is 1080. The lowest BCUT2D eigenvalue weighted by Crippen LogP contribution is -2.55. The third-order valence-corrected chi connectivity index (χ3v) is 7.51. The second-order valence-electron chi connectivity index (χ2n) is 7.87. The molecule has 30 heavy (non-hydrogen) atoms. The van der Waals surface area contributed by atoms with Crippen molar-refractivity contribution in [2.75, 3.05) is 22.3 Å². The maximum absolute atomic E-state index is 13.4. The lowest BCUT2D eigenvalue weighted by Gasteiger charge is -2.38. The summed E-state index contributed by atoms with van der Waals surface area (Å²) in [7, 11) is -4.09. The normalized spacial score (nSPS) is 20.8. The van der Waals surface area contributed by atoms with Crippen LogP contribution >= 0.6 is 0 Å². The fourth-order valence-electron chi connectivity index (χ4n) is 4.09. The van der Waals surface area contributed by atoms with Crippen molar-refractivity contribution in [3.63, 3.8) is 0 Å². The molecule has 2 aliphatic rings. The van der Waals surface area contributed by atoms with Crippen molar-refractivity contribution < 1.29 is 18.0 Å². The molecule has 7 nitrogen and oxygen atoms in total. The van der Waals surface area contributed by atoms with Crippen LogP contribution in [0.1, 0.15) is 31.7 Å². The quantitative estimate of drug-likeness (QED) is 0.751. The lowest BCUT2D eigenvalue weighted by atomic mass is 10.0. The number of anilines is 2. The van der Waals surface area contributed by atoms with Gasteiger partial charge in [-0.2, -0.15) is 4.31 Å². The summed E-state index contributed by atoms with van der Waals surface area (Å²) in [5, 5.41) is 0. The van der Waals surface area contributed by atoms with E-state index in [-0.39, 0.29) is 34.8 Å². The van der Waals surface area contributed by atoms with E-state index in [4.69, 9.17) is 0 Å². The zero-order valence-electron chi connectivity index (χ0n) is 17.1. The molecule has 0 N–H and O–H groups in total. The Labute approximate surface area is 176 Å². The molecular formula is C22H25N3O4S. The smallest absolute Gasteiger partial charge is 0.338 e. The highest BCUT2D eigenvalue weighted by atomic mass is 32.2. The Morgan fingerprint density at radius 1 is 1.07 bits per heavy atom. The van der Waals surface area contributed by atoms with Crippen molar-refractivity contribution in [1.82, 2.24) is 4.90 Å². The maximum atomic E-state index is 13.4. The fraction of sp³-hybridized carbons (Fsp3) is 0.364. The number of urea groups is 1. The number of piperidine rings is 1. The fourth-order valence-corrected chi connectivity index (χ4v) is 5.68. The van der Waals surface area contributed by atoms with Crippen molar-refractivity contribution in [3.05, 3.63) is 54.1 Å². The third kappa shape index (κ3) is 3.45. The van der Waals surface area contributed by atoms with Crippen LogP contribution in [0.3, 0.4) is 0 Å². The standard InChI is InChI=1S/C22H25N3O4S/c1-16-10-12-18(13-11-16)25-22(27)24(15-21(26)23-14-6-5-7-17(23)2)19-8-3-4-9-20(19)30(25,28)29/h3-4,8-13,17H,5-7,14-15H2,1-2H3. The Hall–Kier alpha value is -2.87. The van der Waals surface area contributed by atoms with E-state index in [0.717, 1.165) is 29.1 Å². The summed E-state index contributed by atoms with van der Waals surface area (Å²) in [6.07, 6.45) is 2.94. The SMILES string of the molecule is Cc1ccc(N2C(=O)N(CC(=O)N3CCCCC3C)c3ccccc3S2(=O)=O)cc1. The van der Waals surface area contributed by atoms with Crippen LogP contribution < -0.4 is 9.21 Å². The van der Waals surface area contributed by atoms with Gasteiger partial charge in [-0.15, -0.1) is 0 Å². The van der Waals surface area contributed by atoms with Gasteiger partial charge in [0.25, 0.3) is 10.0 Å².